The molecule has 9 nitrogen and oxygen atoms in total. The van der Waals surface area contributed by atoms with Gasteiger partial charge in [0.25, 0.3) is 0 Å². The van der Waals surface area contributed by atoms with Crippen LogP contribution >= 0.6 is 11.8 Å². The summed E-state index contributed by atoms with van der Waals surface area (Å²) in [5.74, 6) is 2.28. The molecule has 0 spiro atoms. The molecule has 2 aromatic heterocycles. The van der Waals surface area contributed by atoms with Crippen molar-refractivity contribution in [1.82, 2.24) is 25.1 Å². The fourth-order valence-electron chi connectivity index (χ4n) is 3.47. The van der Waals surface area contributed by atoms with Gasteiger partial charge in [0.1, 0.15) is 5.75 Å². The second-order valence-corrected chi connectivity index (χ2v) is 8.45. The molecular formula is C25H27N5O4S. The van der Waals surface area contributed by atoms with Gasteiger partial charge >= 0.3 is 0 Å². The number of carbonyl (C=O) groups is 1. The number of hydrogen-bond donors (Lipinski definition) is 1. The standard InChI is InChI=1S/C25H27N5O4S/c1-4-34-19-8-6-18(7-9-19)20-10-12-23-27-28-25(30(23)29-20)35-16-24(31)26-14-13-17-5-11-21(32-2)22(15-17)33-3/h5-12,15H,4,13-14,16H2,1-3H3,(H,26,31). The summed E-state index contributed by atoms with van der Waals surface area (Å²) in [6, 6.07) is 17.2. The van der Waals surface area contributed by atoms with Gasteiger partial charge < -0.3 is 19.5 Å². The fraction of sp³-hybridized carbons (Fsp3) is 0.280. The molecular weight excluding hydrogens is 466 g/mol. The van der Waals surface area contributed by atoms with Crippen LogP contribution in [0.5, 0.6) is 17.2 Å². The highest BCUT2D eigenvalue weighted by Crippen LogP contribution is 2.27. The number of ether oxygens (including phenoxy) is 3. The van der Waals surface area contributed by atoms with Gasteiger partial charge in [-0.25, -0.2) is 0 Å². The minimum absolute atomic E-state index is 0.0881. The molecule has 0 saturated heterocycles. The van der Waals surface area contributed by atoms with Gasteiger partial charge in [-0.2, -0.15) is 9.61 Å². The zero-order valence-electron chi connectivity index (χ0n) is 19.9. The molecule has 4 rings (SSSR count). The molecule has 2 heterocycles. The average molecular weight is 494 g/mol. The van der Waals surface area contributed by atoms with Gasteiger partial charge in [0.2, 0.25) is 11.1 Å². The van der Waals surface area contributed by atoms with E-state index >= 15 is 0 Å². The third-order valence-corrected chi connectivity index (χ3v) is 6.13. The minimum atomic E-state index is -0.0881. The Hall–Kier alpha value is -3.79. The summed E-state index contributed by atoms with van der Waals surface area (Å²) in [7, 11) is 3.20. The van der Waals surface area contributed by atoms with E-state index in [4.69, 9.17) is 14.2 Å². The lowest BCUT2D eigenvalue weighted by Gasteiger charge is -2.10. The zero-order chi connectivity index (χ0) is 24.6. The largest absolute Gasteiger partial charge is 0.494 e. The van der Waals surface area contributed by atoms with Crippen LogP contribution in [-0.4, -0.2) is 58.8 Å². The van der Waals surface area contributed by atoms with Crippen molar-refractivity contribution in [3.8, 4) is 28.5 Å². The lowest BCUT2D eigenvalue weighted by atomic mass is 10.1. The molecule has 2 aromatic carbocycles. The van der Waals surface area contributed by atoms with Gasteiger partial charge in [-0.15, -0.1) is 10.2 Å². The van der Waals surface area contributed by atoms with Gasteiger partial charge in [-0.1, -0.05) is 17.8 Å². The molecule has 0 aliphatic rings. The molecule has 0 bridgehead atoms. The Labute approximate surface area is 207 Å². The Balaban J connectivity index is 1.34. The SMILES string of the molecule is CCOc1ccc(-c2ccc3nnc(SCC(=O)NCCc4ccc(OC)c(OC)c4)n3n2)cc1. The number of benzene rings is 2. The van der Waals surface area contributed by atoms with Crippen molar-refractivity contribution >= 4 is 23.3 Å². The highest BCUT2D eigenvalue weighted by molar-refractivity contribution is 7.99. The summed E-state index contributed by atoms with van der Waals surface area (Å²) in [5, 5.41) is 16.5. The average Bonchev–Trinajstić information content (AvgIpc) is 3.30. The Bertz CT molecular complexity index is 1290. The zero-order valence-corrected chi connectivity index (χ0v) is 20.7. The number of thioether (sulfide) groups is 1. The predicted molar refractivity (Wildman–Crippen MR) is 134 cm³/mol. The van der Waals surface area contributed by atoms with Crippen molar-refractivity contribution < 1.29 is 19.0 Å². The van der Waals surface area contributed by atoms with Crippen LogP contribution in [0.15, 0.2) is 59.8 Å². The molecule has 0 radical (unpaired) electrons. The quantitative estimate of drug-likeness (QED) is 0.316. The topological polar surface area (TPSA) is 99.9 Å². The highest BCUT2D eigenvalue weighted by atomic mass is 32.2. The molecule has 0 unspecified atom stereocenters. The number of nitrogens with zero attached hydrogens (tertiary/aromatic N) is 4. The first kappa shape index (κ1) is 24.3. The van der Waals surface area contributed by atoms with Crippen molar-refractivity contribution in [2.45, 2.75) is 18.5 Å². The monoisotopic (exact) mass is 493 g/mol. The van der Waals surface area contributed by atoms with Gasteiger partial charge in [0, 0.05) is 12.1 Å². The second-order valence-electron chi connectivity index (χ2n) is 7.51. The van der Waals surface area contributed by atoms with E-state index in [2.05, 4.69) is 20.6 Å². The Morgan fingerprint density at radius 1 is 1.00 bits per heavy atom. The predicted octanol–water partition coefficient (Wildman–Crippen LogP) is 3.66. The maximum absolute atomic E-state index is 12.4. The second kappa shape index (κ2) is 11.6. The van der Waals surface area contributed by atoms with Crippen LogP contribution in [0.25, 0.3) is 16.9 Å². The number of methoxy groups -OCH3 is 2. The van der Waals surface area contributed by atoms with Gasteiger partial charge in [-0.05, 0) is 67.4 Å². The van der Waals surface area contributed by atoms with Crippen molar-refractivity contribution in [2.24, 2.45) is 0 Å². The van der Waals surface area contributed by atoms with Crippen LogP contribution in [0, 0.1) is 0 Å². The van der Waals surface area contributed by atoms with E-state index in [1.807, 2.05) is 61.5 Å². The molecule has 0 fully saturated rings. The first-order valence-electron chi connectivity index (χ1n) is 11.2. The van der Waals surface area contributed by atoms with Crippen LogP contribution in [0.4, 0.5) is 0 Å². The van der Waals surface area contributed by atoms with Crippen LogP contribution < -0.4 is 19.5 Å². The summed E-state index contributed by atoms with van der Waals surface area (Å²) in [4.78, 5) is 12.4. The first-order valence-corrected chi connectivity index (χ1v) is 12.2. The molecule has 1 N–H and O–H groups in total. The molecule has 0 aliphatic carbocycles. The number of hydrogen-bond acceptors (Lipinski definition) is 8. The van der Waals surface area contributed by atoms with Crippen molar-refractivity contribution in [1.29, 1.82) is 0 Å². The molecule has 0 atom stereocenters. The van der Waals surface area contributed by atoms with Gasteiger partial charge in [0.05, 0.1) is 32.3 Å². The van der Waals surface area contributed by atoms with E-state index in [-0.39, 0.29) is 11.7 Å². The maximum atomic E-state index is 12.4. The summed E-state index contributed by atoms with van der Waals surface area (Å²) in [5.41, 5.74) is 3.40. The van der Waals surface area contributed by atoms with E-state index in [1.165, 1.54) is 11.8 Å². The lowest BCUT2D eigenvalue weighted by Crippen LogP contribution is -2.27. The third-order valence-electron chi connectivity index (χ3n) is 5.21. The molecule has 1 amide bonds. The lowest BCUT2D eigenvalue weighted by molar-refractivity contribution is -0.118. The molecule has 0 aliphatic heterocycles. The smallest absolute Gasteiger partial charge is 0.230 e. The molecule has 0 saturated carbocycles. The van der Waals surface area contributed by atoms with Crippen LogP contribution in [0.3, 0.4) is 0 Å². The van der Waals surface area contributed by atoms with E-state index in [0.717, 1.165) is 22.6 Å². The number of aromatic nitrogens is 4. The van der Waals surface area contributed by atoms with Crippen molar-refractivity contribution in [3.05, 3.63) is 60.2 Å². The number of amides is 1. The van der Waals surface area contributed by atoms with Crippen LogP contribution in [-0.2, 0) is 11.2 Å². The van der Waals surface area contributed by atoms with Crippen molar-refractivity contribution in [3.63, 3.8) is 0 Å². The van der Waals surface area contributed by atoms with Crippen LogP contribution in [0.1, 0.15) is 12.5 Å². The van der Waals surface area contributed by atoms with E-state index in [0.29, 0.717) is 41.9 Å². The Kier molecular flexibility index (Phi) is 8.04. The first-order chi connectivity index (χ1) is 17.1. The van der Waals surface area contributed by atoms with Gasteiger partial charge in [-0.3, -0.25) is 4.79 Å². The van der Waals surface area contributed by atoms with Crippen LogP contribution in [0.2, 0.25) is 0 Å². The molecule has 10 heteroatoms. The summed E-state index contributed by atoms with van der Waals surface area (Å²) in [6.07, 6.45) is 0.678. The van der Waals surface area contributed by atoms with E-state index in [1.54, 1.807) is 18.7 Å². The van der Waals surface area contributed by atoms with E-state index in [9.17, 15) is 4.79 Å². The molecule has 35 heavy (non-hydrogen) atoms. The summed E-state index contributed by atoms with van der Waals surface area (Å²) < 4.78 is 17.7. The molecule has 182 valence electrons. The highest BCUT2D eigenvalue weighted by Gasteiger charge is 2.12. The number of fused-ring (bicyclic) bond motifs is 1. The Morgan fingerprint density at radius 3 is 2.54 bits per heavy atom. The summed E-state index contributed by atoms with van der Waals surface area (Å²) >= 11 is 1.29. The maximum Gasteiger partial charge on any atom is 0.230 e. The Morgan fingerprint density at radius 2 is 1.80 bits per heavy atom. The number of carbonyl (C=O) groups excluding carboxylic acids is 1. The molecule has 4 aromatic rings. The van der Waals surface area contributed by atoms with Gasteiger partial charge in [0.15, 0.2) is 17.1 Å². The fourth-order valence-corrected chi connectivity index (χ4v) is 4.18. The third kappa shape index (κ3) is 6.02. The van der Waals surface area contributed by atoms with Crippen molar-refractivity contribution in [2.75, 3.05) is 33.1 Å². The number of rotatable bonds is 11. The normalized spacial score (nSPS) is 10.8. The summed E-state index contributed by atoms with van der Waals surface area (Å²) in [6.45, 7) is 3.08. The van der Waals surface area contributed by atoms with E-state index < -0.39 is 0 Å². The minimum Gasteiger partial charge on any atom is -0.494 e. The number of nitrogens with one attached hydrogen (secondary N) is 1.